The molecule has 1 aromatic carbocycles. The molecule has 102 valence electrons. The lowest BCUT2D eigenvalue weighted by Gasteiger charge is -2.10. The van der Waals surface area contributed by atoms with E-state index in [-0.39, 0.29) is 0 Å². The molecule has 0 aliphatic carbocycles. The van der Waals surface area contributed by atoms with E-state index in [9.17, 15) is 27.5 Å². The van der Waals surface area contributed by atoms with Crippen molar-refractivity contribution in [3.8, 4) is 11.8 Å². The van der Waals surface area contributed by atoms with Crippen LogP contribution in [-0.4, -0.2) is 18.2 Å². The van der Waals surface area contributed by atoms with E-state index in [1.54, 1.807) is 5.92 Å². The summed E-state index contributed by atoms with van der Waals surface area (Å²) in [5, 5.41) is 9.45. The van der Waals surface area contributed by atoms with Crippen molar-refractivity contribution in [2.75, 3.05) is 7.11 Å². The van der Waals surface area contributed by atoms with Crippen molar-refractivity contribution in [1.29, 1.82) is 0 Å². The molecule has 1 unspecified atom stereocenters. The van der Waals surface area contributed by atoms with E-state index in [4.69, 9.17) is 0 Å². The lowest BCUT2D eigenvalue weighted by molar-refractivity contribution is -0.137. The molecule has 1 N–H and O–H groups in total. The lowest BCUT2D eigenvalue weighted by Crippen LogP contribution is -2.08. The molecule has 0 amide bonds. The van der Waals surface area contributed by atoms with E-state index in [1.807, 2.05) is 5.92 Å². The summed E-state index contributed by atoms with van der Waals surface area (Å²) in [4.78, 5) is 10.7. The lowest BCUT2D eigenvalue weighted by atomic mass is 10.1. The molecule has 0 saturated carbocycles. The number of aliphatic hydroxyl groups excluding tert-OH is 1. The molecule has 0 aliphatic heterocycles. The predicted molar refractivity (Wildman–Crippen MR) is 56.2 cm³/mol. The Balaban J connectivity index is 3.11. The second-order valence-corrected chi connectivity index (χ2v) is 3.40. The van der Waals surface area contributed by atoms with Gasteiger partial charge in [-0.15, -0.1) is 0 Å². The molecule has 0 fully saturated rings. The van der Waals surface area contributed by atoms with E-state index in [0.29, 0.717) is 18.2 Å². The number of ether oxygens (including phenoxy) is 1. The van der Waals surface area contributed by atoms with Gasteiger partial charge in [0.2, 0.25) is 0 Å². The van der Waals surface area contributed by atoms with Crippen LogP contribution in [0.4, 0.5) is 17.6 Å². The molecule has 1 atom stereocenters. The number of carbonyl (C=O) groups excluding carboxylic acids is 1. The van der Waals surface area contributed by atoms with Crippen LogP contribution >= 0.6 is 0 Å². The van der Waals surface area contributed by atoms with Crippen LogP contribution in [0.3, 0.4) is 0 Å². The largest absolute Gasteiger partial charge is 0.459 e. The highest BCUT2D eigenvalue weighted by atomic mass is 19.4. The Kier molecular flexibility index (Phi) is 4.51. The summed E-state index contributed by atoms with van der Waals surface area (Å²) in [7, 11) is 1.04. The van der Waals surface area contributed by atoms with Gasteiger partial charge in [-0.25, -0.2) is 9.18 Å². The standard InChI is InChI=1S/C12H8F4O3/c1-19-11(18)5-4-10(17)8-6-7(12(14,15)16)2-3-9(8)13/h2-3,6,10,17H,1H3. The zero-order valence-corrected chi connectivity index (χ0v) is 9.58. The maximum atomic E-state index is 13.3. The van der Waals surface area contributed by atoms with Crippen LogP contribution in [0.25, 0.3) is 0 Å². The maximum Gasteiger partial charge on any atom is 0.416 e. The first-order chi connectivity index (χ1) is 8.75. The summed E-state index contributed by atoms with van der Waals surface area (Å²) in [5.41, 5.74) is -1.78. The number of hydrogen-bond donors (Lipinski definition) is 1. The fourth-order valence-corrected chi connectivity index (χ4v) is 1.19. The molecule has 1 rings (SSSR count). The van der Waals surface area contributed by atoms with Gasteiger partial charge in [0.25, 0.3) is 0 Å². The van der Waals surface area contributed by atoms with Gasteiger partial charge in [0, 0.05) is 11.5 Å². The first-order valence-electron chi connectivity index (χ1n) is 4.90. The highest BCUT2D eigenvalue weighted by Gasteiger charge is 2.31. The van der Waals surface area contributed by atoms with Crippen LogP contribution in [0.2, 0.25) is 0 Å². The number of carbonyl (C=O) groups is 1. The van der Waals surface area contributed by atoms with Crippen LogP contribution in [0, 0.1) is 17.7 Å². The number of alkyl halides is 3. The van der Waals surface area contributed by atoms with Crippen LogP contribution in [0.1, 0.15) is 17.2 Å². The third kappa shape index (κ3) is 3.96. The van der Waals surface area contributed by atoms with E-state index in [0.717, 1.165) is 7.11 Å². The minimum Gasteiger partial charge on any atom is -0.459 e. The van der Waals surface area contributed by atoms with Crippen molar-refractivity contribution < 1.29 is 32.2 Å². The Bertz CT molecular complexity index is 540. The summed E-state index contributed by atoms with van der Waals surface area (Å²) in [5.74, 6) is 1.65. The van der Waals surface area contributed by atoms with Gasteiger partial charge in [-0.3, -0.25) is 0 Å². The van der Waals surface area contributed by atoms with E-state index < -0.39 is 35.2 Å². The Morgan fingerprint density at radius 2 is 2.05 bits per heavy atom. The van der Waals surface area contributed by atoms with Crippen LogP contribution < -0.4 is 0 Å². The predicted octanol–water partition coefficient (Wildman–Crippen LogP) is 2.05. The first kappa shape index (κ1) is 15.0. The van der Waals surface area contributed by atoms with Gasteiger partial charge in [-0.05, 0) is 18.2 Å². The number of halogens is 4. The van der Waals surface area contributed by atoms with Crippen molar-refractivity contribution in [2.45, 2.75) is 12.3 Å². The first-order valence-corrected chi connectivity index (χ1v) is 4.90. The smallest absolute Gasteiger partial charge is 0.416 e. The van der Waals surface area contributed by atoms with Crippen molar-refractivity contribution in [3.63, 3.8) is 0 Å². The summed E-state index contributed by atoms with van der Waals surface area (Å²) >= 11 is 0. The highest BCUT2D eigenvalue weighted by molar-refractivity contribution is 5.88. The molecule has 0 radical (unpaired) electrons. The topological polar surface area (TPSA) is 46.5 Å². The number of methoxy groups -OCH3 is 1. The summed E-state index contributed by atoms with van der Waals surface area (Å²) in [6.45, 7) is 0. The third-order valence-corrected chi connectivity index (χ3v) is 2.11. The number of rotatable bonds is 1. The second kappa shape index (κ2) is 5.71. The molecule has 0 spiro atoms. The zero-order chi connectivity index (χ0) is 14.6. The van der Waals surface area contributed by atoms with Crippen molar-refractivity contribution >= 4 is 5.97 Å². The molecule has 0 heterocycles. The quantitative estimate of drug-likeness (QED) is 0.369. The highest BCUT2D eigenvalue weighted by Crippen LogP contribution is 2.31. The van der Waals surface area contributed by atoms with Crippen molar-refractivity contribution in [2.24, 2.45) is 0 Å². The van der Waals surface area contributed by atoms with E-state index in [1.165, 1.54) is 0 Å². The molecule has 0 aromatic heterocycles. The Labute approximate surface area is 105 Å². The second-order valence-electron chi connectivity index (χ2n) is 3.40. The molecule has 19 heavy (non-hydrogen) atoms. The normalized spacial score (nSPS) is 12.3. The SMILES string of the molecule is COC(=O)C#CC(O)c1cc(C(F)(F)F)ccc1F. The molecule has 0 saturated heterocycles. The number of aliphatic hydroxyl groups is 1. The van der Waals surface area contributed by atoms with Gasteiger partial charge in [-0.1, -0.05) is 5.92 Å². The van der Waals surface area contributed by atoms with Crippen LogP contribution in [0.5, 0.6) is 0 Å². The van der Waals surface area contributed by atoms with E-state index >= 15 is 0 Å². The summed E-state index contributed by atoms with van der Waals surface area (Å²) in [6, 6.07) is 1.55. The third-order valence-electron chi connectivity index (χ3n) is 2.11. The molecular formula is C12H8F4O3. The molecule has 1 aromatic rings. The van der Waals surface area contributed by atoms with Gasteiger partial charge in [-0.2, -0.15) is 13.2 Å². The van der Waals surface area contributed by atoms with Crippen molar-refractivity contribution in [3.05, 3.63) is 35.1 Å². The Morgan fingerprint density at radius 1 is 1.42 bits per heavy atom. The molecule has 0 aliphatic rings. The minimum absolute atomic E-state index is 0.436. The van der Waals surface area contributed by atoms with Gasteiger partial charge in [0.1, 0.15) is 11.9 Å². The molecule has 7 heteroatoms. The van der Waals surface area contributed by atoms with Gasteiger partial charge in [0.05, 0.1) is 12.7 Å². The monoisotopic (exact) mass is 276 g/mol. The van der Waals surface area contributed by atoms with Crippen LogP contribution in [0.15, 0.2) is 18.2 Å². The number of esters is 1. The Morgan fingerprint density at radius 3 is 2.58 bits per heavy atom. The van der Waals surface area contributed by atoms with E-state index in [2.05, 4.69) is 4.74 Å². The summed E-state index contributed by atoms with van der Waals surface area (Å²) in [6.07, 6.45) is -6.53. The molecule has 0 bridgehead atoms. The van der Waals surface area contributed by atoms with Gasteiger partial charge in [0.15, 0.2) is 0 Å². The average molecular weight is 276 g/mol. The van der Waals surface area contributed by atoms with Gasteiger partial charge < -0.3 is 9.84 Å². The Hall–Kier alpha value is -2.07. The van der Waals surface area contributed by atoms with Crippen molar-refractivity contribution in [1.82, 2.24) is 0 Å². The minimum atomic E-state index is -4.67. The molecule has 3 nitrogen and oxygen atoms in total. The average Bonchev–Trinajstić information content (AvgIpc) is 2.34. The summed E-state index contributed by atoms with van der Waals surface area (Å²) < 4.78 is 54.7. The number of hydrogen-bond acceptors (Lipinski definition) is 3. The fourth-order valence-electron chi connectivity index (χ4n) is 1.19. The van der Waals surface area contributed by atoms with Crippen LogP contribution in [-0.2, 0) is 15.7 Å². The number of benzene rings is 1. The fraction of sp³-hybridized carbons (Fsp3) is 0.250. The maximum absolute atomic E-state index is 13.3. The zero-order valence-electron chi connectivity index (χ0n) is 9.58. The molecular weight excluding hydrogens is 268 g/mol. The van der Waals surface area contributed by atoms with Gasteiger partial charge >= 0.3 is 12.1 Å².